The molecule has 0 fully saturated rings. The van der Waals surface area contributed by atoms with Gasteiger partial charge in [0.25, 0.3) is 11.7 Å². The van der Waals surface area contributed by atoms with E-state index < -0.39 is 0 Å². The van der Waals surface area contributed by atoms with E-state index in [-0.39, 0.29) is 5.91 Å². The maximum absolute atomic E-state index is 12.9. The topological polar surface area (TPSA) is 90.6 Å². The predicted molar refractivity (Wildman–Crippen MR) is 130 cm³/mol. The van der Waals surface area contributed by atoms with Crippen LogP contribution in [-0.2, 0) is 12.2 Å². The van der Waals surface area contributed by atoms with Gasteiger partial charge in [-0.25, -0.2) is 9.50 Å². The molecule has 5 rings (SSSR count). The Balaban J connectivity index is 1.21. The number of aryl methyl sites for hydroxylation is 2. The molecule has 0 atom stereocenters. The second-order valence-corrected chi connectivity index (χ2v) is 9.02. The van der Waals surface area contributed by atoms with E-state index >= 15 is 0 Å². The molecule has 8 nitrogen and oxygen atoms in total. The number of carbonyl (C=O) groups excluding carboxylic acids is 1. The van der Waals surface area contributed by atoms with E-state index in [0.29, 0.717) is 48.4 Å². The van der Waals surface area contributed by atoms with E-state index in [9.17, 15) is 4.79 Å². The zero-order valence-corrected chi connectivity index (χ0v) is 19.9. The molecule has 0 unspecified atom stereocenters. The van der Waals surface area contributed by atoms with Gasteiger partial charge < -0.3 is 14.8 Å². The lowest BCUT2D eigenvalue weighted by molar-refractivity contribution is 0.0953. The van der Waals surface area contributed by atoms with E-state index in [2.05, 4.69) is 20.4 Å². The highest BCUT2D eigenvalue weighted by Crippen LogP contribution is 2.30. The van der Waals surface area contributed by atoms with E-state index in [1.54, 1.807) is 4.52 Å². The summed E-state index contributed by atoms with van der Waals surface area (Å²) in [4.78, 5) is 21.9. The molecule has 2 aromatic carbocycles. The van der Waals surface area contributed by atoms with Crippen LogP contribution in [0.15, 0.2) is 53.7 Å². The van der Waals surface area contributed by atoms with Crippen molar-refractivity contribution < 1.29 is 14.3 Å². The van der Waals surface area contributed by atoms with Gasteiger partial charge in [-0.15, -0.1) is 5.10 Å². The first-order chi connectivity index (χ1) is 16.6. The molecule has 2 aromatic heterocycles. The summed E-state index contributed by atoms with van der Waals surface area (Å²) in [6, 6.07) is 15.5. The molecule has 1 aliphatic rings. The lowest BCUT2D eigenvalue weighted by Crippen LogP contribution is -2.26. The van der Waals surface area contributed by atoms with Crippen molar-refractivity contribution >= 4 is 23.4 Å². The van der Waals surface area contributed by atoms with Gasteiger partial charge >= 0.3 is 0 Å². The molecule has 0 bridgehead atoms. The first-order valence-electron chi connectivity index (χ1n) is 11.2. The van der Waals surface area contributed by atoms with Crippen LogP contribution in [0.5, 0.6) is 11.5 Å². The second kappa shape index (κ2) is 9.72. The molecule has 0 aliphatic carbocycles. The number of thioether (sulfide) groups is 1. The third-order valence-electron chi connectivity index (χ3n) is 5.52. The van der Waals surface area contributed by atoms with Crippen LogP contribution in [0.3, 0.4) is 0 Å². The summed E-state index contributed by atoms with van der Waals surface area (Å²) in [6.45, 7) is 5.58. The first-order valence-corrected chi connectivity index (χ1v) is 12.1. The molecule has 1 amide bonds. The van der Waals surface area contributed by atoms with Gasteiger partial charge in [0.05, 0.1) is 0 Å². The Morgan fingerprint density at radius 2 is 1.88 bits per heavy atom. The molecule has 34 heavy (non-hydrogen) atoms. The summed E-state index contributed by atoms with van der Waals surface area (Å²) < 4.78 is 12.9. The van der Waals surface area contributed by atoms with Crippen molar-refractivity contribution in [3.05, 3.63) is 76.6 Å². The number of aromatic nitrogens is 4. The molecule has 1 N–H and O–H groups in total. The van der Waals surface area contributed by atoms with E-state index in [0.717, 1.165) is 34.0 Å². The molecule has 0 spiro atoms. The summed E-state index contributed by atoms with van der Waals surface area (Å²) in [6.07, 6.45) is 0.705. The van der Waals surface area contributed by atoms with Crippen molar-refractivity contribution in [3.63, 3.8) is 0 Å². The van der Waals surface area contributed by atoms with Crippen molar-refractivity contribution in [2.24, 2.45) is 0 Å². The Kier molecular flexibility index (Phi) is 6.35. The number of fused-ring (bicyclic) bond motifs is 2. The minimum absolute atomic E-state index is 0.0927. The van der Waals surface area contributed by atoms with Crippen molar-refractivity contribution in [2.75, 3.05) is 19.8 Å². The van der Waals surface area contributed by atoms with Gasteiger partial charge in [0, 0.05) is 29.2 Å². The number of ether oxygens (including phenoxy) is 2. The predicted octanol–water partition coefficient (Wildman–Crippen LogP) is 3.78. The fourth-order valence-corrected chi connectivity index (χ4v) is 4.70. The van der Waals surface area contributed by atoms with Crippen molar-refractivity contribution in [1.29, 1.82) is 0 Å². The number of hydrogen-bond donors (Lipinski definition) is 1. The average molecular weight is 476 g/mol. The van der Waals surface area contributed by atoms with Crippen LogP contribution in [0.1, 0.15) is 32.9 Å². The summed E-state index contributed by atoms with van der Waals surface area (Å²) in [5.41, 5.74) is 4.58. The molecule has 0 saturated carbocycles. The van der Waals surface area contributed by atoms with Gasteiger partial charge in [-0.3, -0.25) is 4.79 Å². The first kappa shape index (κ1) is 22.2. The van der Waals surface area contributed by atoms with Crippen LogP contribution in [0, 0.1) is 13.8 Å². The van der Waals surface area contributed by atoms with Gasteiger partial charge in [0.15, 0.2) is 11.5 Å². The zero-order chi connectivity index (χ0) is 23.5. The van der Waals surface area contributed by atoms with Crippen LogP contribution < -0.4 is 14.8 Å². The number of hydrogen-bond acceptors (Lipinski definition) is 7. The number of benzene rings is 2. The maximum Gasteiger partial charge on any atom is 0.253 e. The van der Waals surface area contributed by atoms with Crippen molar-refractivity contribution in [1.82, 2.24) is 24.9 Å². The summed E-state index contributed by atoms with van der Waals surface area (Å²) >= 11 is 1.49. The minimum Gasteiger partial charge on any atom is -0.486 e. The molecular weight excluding hydrogens is 450 g/mol. The van der Waals surface area contributed by atoms with Crippen LogP contribution in [-0.4, -0.2) is 45.2 Å². The number of nitrogens with zero attached hydrogens (tertiary/aromatic N) is 4. The number of amides is 1. The highest BCUT2D eigenvalue weighted by molar-refractivity contribution is 7.98. The summed E-state index contributed by atoms with van der Waals surface area (Å²) in [5, 5.41) is 8.21. The van der Waals surface area contributed by atoms with Crippen LogP contribution in [0.2, 0.25) is 0 Å². The third kappa shape index (κ3) is 4.84. The molecule has 4 aromatic rings. The molecule has 3 heterocycles. The number of rotatable bonds is 7. The fraction of sp³-hybridized carbons (Fsp3) is 0.280. The Labute approximate surface area is 201 Å². The molecular formula is C25H25N5O3S. The van der Waals surface area contributed by atoms with Crippen LogP contribution >= 0.6 is 11.8 Å². The fourth-order valence-electron chi connectivity index (χ4n) is 3.88. The number of nitrogens with one attached hydrogen (secondary N) is 1. The Morgan fingerprint density at radius 3 is 2.76 bits per heavy atom. The van der Waals surface area contributed by atoms with Crippen molar-refractivity contribution in [3.8, 4) is 11.5 Å². The zero-order valence-electron chi connectivity index (χ0n) is 19.1. The SMILES string of the molecule is Cc1cc(C)n2nc(SCc3ccccc3C(=O)NCCc3ccc4c(c3)OCCO4)nc2n1. The summed E-state index contributed by atoms with van der Waals surface area (Å²) in [7, 11) is 0. The second-order valence-electron chi connectivity index (χ2n) is 8.07. The minimum atomic E-state index is -0.0927. The van der Waals surface area contributed by atoms with E-state index in [1.807, 2.05) is 62.4 Å². The number of carbonyl (C=O) groups is 1. The molecule has 1 aliphatic heterocycles. The largest absolute Gasteiger partial charge is 0.486 e. The van der Waals surface area contributed by atoms with Gasteiger partial charge in [-0.2, -0.15) is 4.98 Å². The molecule has 174 valence electrons. The van der Waals surface area contributed by atoms with Gasteiger partial charge in [-0.1, -0.05) is 36.0 Å². The third-order valence-corrected chi connectivity index (χ3v) is 6.41. The average Bonchev–Trinajstić information content (AvgIpc) is 3.26. The molecule has 0 radical (unpaired) electrons. The lowest BCUT2D eigenvalue weighted by Gasteiger charge is -2.19. The summed E-state index contributed by atoms with van der Waals surface area (Å²) in [5.74, 6) is 2.61. The highest BCUT2D eigenvalue weighted by Gasteiger charge is 2.15. The Morgan fingerprint density at radius 1 is 1.06 bits per heavy atom. The quantitative estimate of drug-likeness (QED) is 0.407. The normalized spacial score (nSPS) is 12.6. The lowest BCUT2D eigenvalue weighted by atomic mass is 10.1. The smallest absolute Gasteiger partial charge is 0.253 e. The molecule has 0 saturated heterocycles. The van der Waals surface area contributed by atoms with Crippen LogP contribution in [0.25, 0.3) is 5.78 Å². The van der Waals surface area contributed by atoms with Gasteiger partial charge in [-0.05, 0) is 55.7 Å². The van der Waals surface area contributed by atoms with E-state index in [1.165, 1.54) is 11.8 Å². The maximum atomic E-state index is 12.9. The van der Waals surface area contributed by atoms with Gasteiger partial charge in [0.2, 0.25) is 5.16 Å². The molecule has 9 heteroatoms. The standard InChI is InChI=1S/C25H25N5O3S/c1-16-13-17(2)30-24(27-16)28-25(29-30)34-15-19-5-3-4-6-20(19)23(31)26-10-9-18-7-8-21-22(14-18)33-12-11-32-21/h3-8,13-14H,9-12,15H2,1-2H3,(H,26,31). The monoisotopic (exact) mass is 475 g/mol. The Hall–Kier alpha value is -3.59. The van der Waals surface area contributed by atoms with E-state index in [4.69, 9.17) is 9.47 Å². The highest BCUT2D eigenvalue weighted by atomic mass is 32.2. The Bertz CT molecular complexity index is 1350. The van der Waals surface area contributed by atoms with Crippen LogP contribution in [0.4, 0.5) is 0 Å². The van der Waals surface area contributed by atoms with Gasteiger partial charge in [0.1, 0.15) is 13.2 Å². The van der Waals surface area contributed by atoms with Crippen molar-refractivity contribution in [2.45, 2.75) is 31.2 Å².